The number of imidazole rings is 1. The monoisotopic (exact) mass is 341 g/mol. The summed E-state index contributed by atoms with van der Waals surface area (Å²) in [7, 11) is 0. The number of hydrogen-bond acceptors (Lipinski definition) is 4. The van der Waals surface area contributed by atoms with Crippen LogP contribution in [0.5, 0.6) is 0 Å². The van der Waals surface area contributed by atoms with Crippen LogP contribution < -0.4 is 5.32 Å². The van der Waals surface area contributed by atoms with Gasteiger partial charge in [0.1, 0.15) is 0 Å². The van der Waals surface area contributed by atoms with E-state index in [4.69, 9.17) is 11.6 Å². The molecular weight excluding hydrogens is 326 g/mol. The van der Waals surface area contributed by atoms with Crippen molar-refractivity contribution >= 4 is 34.7 Å². The summed E-state index contributed by atoms with van der Waals surface area (Å²) < 4.78 is 0. The topological polar surface area (TPSA) is 83.6 Å². The fraction of sp³-hybridized carbons (Fsp3) is 0.176. The summed E-state index contributed by atoms with van der Waals surface area (Å²) >= 11 is 5.89. The SMILES string of the molecule is C[C@@H](C/C=C/c1cncc(Cl)c1)NC(=O)c1nc2ncccc2[nH]1. The second kappa shape index (κ2) is 7.23. The smallest absolute Gasteiger partial charge is 0.287 e. The number of nitrogens with one attached hydrogen (secondary N) is 2. The molecule has 122 valence electrons. The molecule has 0 bridgehead atoms. The number of aromatic nitrogens is 4. The van der Waals surface area contributed by atoms with Crippen LogP contribution in [0.3, 0.4) is 0 Å². The third-order valence-corrected chi connectivity index (χ3v) is 3.58. The number of fused-ring (bicyclic) bond motifs is 1. The van der Waals surface area contributed by atoms with E-state index in [0.29, 0.717) is 17.1 Å². The zero-order valence-corrected chi connectivity index (χ0v) is 13.8. The van der Waals surface area contributed by atoms with Gasteiger partial charge in [0.15, 0.2) is 11.5 Å². The van der Waals surface area contributed by atoms with E-state index in [1.54, 1.807) is 24.7 Å². The van der Waals surface area contributed by atoms with Gasteiger partial charge in [-0.25, -0.2) is 9.97 Å². The summed E-state index contributed by atoms with van der Waals surface area (Å²) in [6.07, 6.45) is 9.53. The van der Waals surface area contributed by atoms with E-state index in [9.17, 15) is 4.79 Å². The lowest BCUT2D eigenvalue weighted by atomic mass is 10.2. The molecule has 0 saturated carbocycles. The Morgan fingerprint density at radius 1 is 1.46 bits per heavy atom. The molecule has 1 atom stereocenters. The highest BCUT2D eigenvalue weighted by Crippen LogP contribution is 2.11. The van der Waals surface area contributed by atoms with Gasteiger partial charge in [-0.2, -0.15) is 0 Å². The lowest BCUT2D eigenvalue weighted by Crippen LogP contribution is -2.32. The first-order valence-corrected chi connectivity index (χ1v) is 7.88. The molecule has 3 heterocycles. The molecule has 0 aromatic carbocycles. The van der Waals surface area contributed by atoms with Crippen LogP contribution in [-0.2, 0) is 0 Å². The van der Waals surface area contributed by atoms with Crippen LogP contribution >= 0.6 is 11.6 Å². The van der Waals surface area contributed by atoms with Crippen molar-refractivity contribution in [3.05, 3.63) is 59.3 Å². The number of rotatable bonds is 5. The van der Waals surface area contributed by atoms with Crippen LogP contribution in [0.4, 0.5) is 0 Å². The minimum atomic E-state index is -0.252. The number of hydrogen-bond donors (Lipinski definition) is 2. The van der Waals surface area contributed by atoms with Gasteiger partial charge in [0.2, 0.25) is 0 Å². The molecule has 0 aliphatic carbocycles. The number of aromatic amines is 1. The molecule has 6 nitrogen and oxygen atoms in total. The van der Waals surface area contributed by atoms with Crippen molar-refractivity contribution in [2.45, 2.75) is 19.4 Å². The first kappa shape index (κ1) is 16.1. The Balaban J connectivity index is 1.58. The number of carbonyl (C=O) groups excluding carboxylic acids is 1. The average molecular weight is 342 g/mol. The summed E-state index contributed by atoms with van der Waals surface area (Å²) in [5.74, 6) is 0.0110. The number of amides is 1. The lowest BCUT2D eigenvalue weighted by molar-refractivity contribution is 0.0931. The molecule has 0 unspecified atom stereocenters. The van der Waals surface area contributed by atoms with E-state index < -0.39 is 0 Å². The highest BCUT2D eigenvalue weighted by atomic mass is 35.5. The van der Waals surface area contributed by atoms with Gasteiger partial charge in [0.05, 0.1) is 10.5 Å². The van der Waals surface area contributed by atoms with E-state index in [0.717, 1.165) is 11.1 Å². The molecule has 0 fully saturated rings. The zero-order chi connectivity index (χ0) is 16.9. The Kier molecular flexibility index (Phi) is 4.86. The Hall–Kier alpha value is -2.73. The standard InChI is InChI=1S/C17H16ClN5O/c1-11(4-2-5-12-8-13(18)10-19-9-12)21-17(24)16-22-14-6-3-7-20-15(14)23-16/h2-3,5-11H,4H2,1H3,(H,21,24)(H,20,22,23)/b5-2+/t11-/m0/s1. The van der Waals surface area contributed by atoms with Crippen molar-refractivity contribution < 1.29 is 4.79 Å². The summed E-state index contributed by atoms with van der Waals surface area (Å²) in [5, 5.41) is 3.50. The predicted octanol–water partition coefficient (Wildman–Crippen LogP) is 3.23. The molecule has 7 heteroatoms. The largest absolute Gasteiger partial charge is 0.347 e. The first-order valence-electron chi connectivity index (χ1n) is 7.50. The minimum absolute atomic E-state index is 0.0398. The molecule has 0 saturated heterocycles. The number of carbonyl (C=O) groups is 1. The molecule has 3 aromatic heterocycles. The Morgan fingerprint density at radius 2 is 2.33 bits per heavy atom. The Labute approximate surface area is 144 Å². The molecule has 3 aromatic rings. The molecule has 24 heavy (non-hydrogen) atoms. The van der Waals surface area contributed by atoms with Crippen LogP contribution in [0.25, 0.3) is 17.2 Å². The van der Waals surface area contributed by atoms with Crippen molar-refractivity contribution in [1.82, 2.24) is 25.3 Å². The molecule has 1 amide bonds. The second-order valence-electron chi connectivity index (χ2n) is 5.41. The minimum Gasteiger partial charge on any atom is -0.347 e. The van der Waals surface area contributed by atoms with Crippen molar-refractivity contribution in [2.75, 3.05) is 0 Å². The lowest BCUT2D eigenvalue weighted by Gasteiger charge is -2.10. The van der Waals surface area contributed by atoms with E-state index in [-0.39, 0.29) is 17.8 Å². The molecule has 0 radical (unpaired) electrons. The van der Waals surface area contributed by atoms with Crippen molar-refractivity contribution in [2.24, 2.45) is 0 Å². The van der Waals surface area contributed by atoms with E-state index >= 15 is 0 Å². The van der Waals surface area contributed by atoms with Gasteiger partial charge in [-0.15, -0.1) is 0 Å². The van der Waals surface area contributed by atoms with Gasteiger partial charge in [0.25, 0.3) is 5.91 Å². The van der Waals surface area contributed by atoms with E-state index in [1.807, 2.05) is 31.2 Å². The predicted molar refractivity (Wildman–Crippen MR) is 93.7 cm³/mol. The van der Waals surface area contributed by atoms with Crippen LogP contribution in [-0.4, -0.2) is 31.9 Å². The summed E-state index contributed by atoms with van der Waals surface area (Å²) in [6.45, 7) is 1.93. The third-order valence-electron chi connectivity index (χ3n) is 3.38. The number of nitrogens with zero attached hydrogens (tertiary/aromatic N) is 3. The molecule has 3 rings (SSSR count). The maximum Gasteiger partial charge on any atom is 0.287 e. The maximum atomic E-state index is 12.2. The maximum absolute atomic E-state index is 12.2. The zero-order valence-electron chi connectivity index (χ0n) is 13.0. The van der Waals surface area contributed by atoms with Crippen LogP contribution in [0.2, 0.25) is 5.02 Å². The first-order chi connectivity index (χ1) is 11.6. The fourth-order valence-electron chi connectivity index (χ4n) is 2.23. The van der Waals surface area contributed by atoms with Gasteiger partial charge in [-0.3, -0.25) is 9.78 Å². The van der Waals surface area contributed by atoms with Crippen LogP contribution in [0.15, 0.2) is 42.9 Å². The van der Waals surface area contributed by atoms with Crippen LogP contribution in [0.1, 0.15) is 29.5 Å². The summed E-state index contributed by atoms with van der Waals surface area (Å²) in [5.41, 5.74) is 2.19. The molecule has 0 aliphatic heterocycles. The highest BCUT2D eigenvalue weighted by molar-refractivity contribution is 6.30. The molecule has 2 N–H and O–H groups in total. The van der Waals surface area contributed by atoms with E-state index in [2.05, 4.69) is 25.3 Å². The molecular formula is C17H16ClN5O. The highest BCUT2D eigenvalue weighted by Gasteiger charge is 2.13. The van der Waals surface area contributed by atoms with E-state index in [1.165, 1.54) is 0 Å². The van der Waals surface area contributed by atoms with Gasteiger partial charge in [-0.05, 0) is 37.1 Å². The fourth-order valence-corrected chi connectivity index (χ4v) is 2.41. The third kappa shape index (κ3) is 3.97. The van der Waals surface area contributed by atoms with Crippen LogP contribution in [0, 0.1) is 0 Å². The number of halogens is 1. The Morgan fingerprint density at radius 3 is 3.12 bits per heavy atom. The summed E-state index contributed by atoms with van der Waals surface area (Å²) in [6, 6.07) is 5.41. The van der Waals surface area contributed by atoms with Crippen molar-refractivity contribution in [1.29, 1.82) is 0 Å². The normalized spacial score (nSPS) is 12.6. The molecule has 0 aliphatic rings. The van der Waals surface area contributed by atoms with Gasteiger partial charge < -0.3 is 10.3 Å². The van der Waals surface area contributed by atoms with Gasteiger partial charge in [0, 0.05) is 24.6 Å². The summed E-state index contributed by atoms with van der Waals surface area (Å²) in [4.78, 5) is 27.5. The number of H-pyrrole nitrogens is 1. The van der Waals surface area contributed by atoms with Gasteiger partial charge >= 0.3 is 0 Å². The van der Waals surface area contributed by atoms with Crippen molar-refractivity contribution in [3.63, 3.8) is 0 Å². The van der Waals surface area contributed by atoms with Gasteiger partial charge in [-0.1, -0.05) is 23.8 Å². The Bertz CT molecular complexity index is 856. The second-order valence-corrected chi connectivity index (χ2v) is 5.85. The quantitative estimate of drug-likeness (QED) is 0.746. The number of pyridine rings is 2. The molecule has 0 spiro atoms. The van der Waals surface area contributed by atoms with Crippen molar-refractivity contribution in [3.8, 4) is 0 Å². The average Bonchev–Trinajstić information content (AvgIpc) is 2.99.